The molecule has 0 fully saturated rings. The molecule has 2 rings (SSSR count). The third kappa shape index (κ3) is 4.27. The van der Waals surface area contributed by atoms with Crippen molar-refractivity contribution in [2.45, 2.75) is 46.7 Å². The molecule has 0 saturated carbocycles. The average Bonchev–Trinajstić information content (AvgIpc) is 2.87. The first kappa shape index (κ1) is 17.8. The zero-order valence-corrected chi connectivity index (χ0v) is 14.8. The Hall–Kier alpha value is -2.51. The summed E-state index contributed by atoms with van der Waals surface area (Å²) in [6, 6.07) is 1.53. The number of hydrogen-bond acceptors (Lipinski definition) is 5. The molecule has 0 aliphatic rings. The standard InChI is InChI=1S/C16H24N6O2/c1-10(2)6-13(15-17-9-18-21(15)5)20-14(23)8-22-12(4)7-11(3)19-16(22)24/h7,9-10,13H,6,8H2,1-5H3,(H,20,23). The Morgan fingerprint density at radius 3 is 2.58 bits per heavy atom. The Balaban J connectivity index is 2.17. The van der Waals surface area contributed by atoms with Gasteiger partial charge in [0, 0.05) is 18.4 Å². The Bertz CT molecular complexity index is 777. The molecule has 0 aromatic carbocycles. The van der Waals surface area contributed by atoms with E-state index in [-0.39, 0.29) is 18.5 Å². The summed E-state index contributed by atoms with van der Waals surface area (Å²) in [6.07, 6.45) is 2.20. The molecule has 0 bridgehead atoms. The van der Waals surface area contributed by atoms with E-state index in [9.17, 15) is 9.59 Å². The van der Waals surface area contributed by atoms with E-state index < -0.39 is 5.69 Å². The van der Waals surface area contributed by atoms with Gasteiger partial charge in [-0.15, -0.1) is 0 Å². The zero-order valence-electron chi connectivity index (χ0n) is 14.8. The van der Waals surface area contributed by atoms with Crippen molar-refractivity contribution < 1.29 is 4.79 Å². The van der Waals surface area contributed by atoms with E-state index in [0.29, 0.717) is 23.1 Å². The lowest BCUT2D eigenvalue weighted by atomic mass is 10.0. The summed E-state index contributed by atoms with van der Waals surface area (Å²) in [5.41, 5.74) is 0.939. The second kappa shape index (κ2) is 7.37. The van der Waals surface area contributed by atoms with Gasteiger partial charge in [0.25, 0.3) is 0 Å². The van der Waals surface area contributed by atoms with Crippen LogP contribution in [0, 0.1) is 19.8 Å². The van der Waals surface area contributed by atoms with Gasteiger partial charge < -0.3 is 5.32 Å². The smallest absolute Gasteiger partial charge is 0.345 e. The fourth-order valence-corrected chi connectivity index (χ4v) is 2.67. The molecule has 1 atom stereocenters. The molecule has 0 aliphatic carbocycles. The van der Waals surface area contributed by atoms with Crippen LogP contribution in [-0.2, 0) is 18.4 Å². The lowest BCUT2D eigenvalue weighted by Crippen LogP contribution is -2.37. The molecule has 1 unspecified atom stereocenters. The van der Waals surface area contributed by atoms with E-state index in [1.807, 2.05) is 0 Å². The average molecular weight is 332 g/mol. The van der Waals surface area contributed by atoms with Crippen molar-refractivity contribution in [3.8, 4) is 0 Å². The molecule has 8 nitrogen and oxygen atoms in total. The first-order valence-corrected chi connectivity index (χ1v) is 7.96. The number of carbonyl (C=O) groups is 1. The lowest BCUT2D eigenvalue weighted by Gasteiger charge is -2.20. The lowest BCUT2D eigenvalue weighted by molar-refractivity contribution is -0.122. The number of nitrogens with one attached hydrogen (secondary N) is 1. The van der Waals surface area contributed by atoms with Gasteiger partial charge in [-0.25, -0.2) is 9.78 Å². The molecule has 130 valence electrons. The fourth-order valence-electron chi connectivity index (χ4n) is 2.67. The SMILES string of the molecule is Cc1cc(C)n(CC(=O)NC(CC(C)C)c2ncnn2C)c(=O)n1. The van der Waals surface area contributed by atoms with Crippen molar-refractivity contribution >= 4 is 5.91 Å². The summed E-state index contributed by atoms with van der Waals surface area (Å²) in [5.74, 6) is 0.820. The maximum atomic E-state index is 12.4. The third-order valence-corrected chi connectivity index (χ3v) is 3.75. The summed E-state index contributed by atoms with van der Waals surface area (Å²) in [6.45, 7) is 7.63. The molecule has 8 heteroatoms. The van der Waals surface area contributed by atoms with Crippen molar-refractivity contribution in [3.63, 3.8) is 0 Å². The van der Waals surface area contributed by atoms with Crippen molar-refractivity contribution in [2.24, 2.45) is 13.0 Å². The second-order valence-corrected chi connectivity index (χ2v) is 6.40. The van der Waals surface area contributed by atoms with Crippen LogP contribution in [-0.4, -0.2) is 30.2 Å². The van der Waals surface area contributed by atoms with Crippen LogP contribution >= 0.6 is 0 Å². The predicted octanol–water partition coefficient (Wildman–Crippen LogP) is 0.892. The molecule has 2 aromatic heterocycles. The summed E-state index contributed by atoms with van der Waals surface area (Å²) < 4.78 is 3.02. The Labute approximate surface area is 140 Å². The highest BCUT2D eigenvalue weighted by molar-refractivity contribution is 5.76. The minimum Gasteiger partial charge on any atom is -0.345 e. The maximum Gasteiger partial charge on any atom is 0.348 e. The van der Waals surface area contributed by atoms with Crippen molar-refractivity contribution in [1.29, 1.82) is 0 Å². The monoisotopic (exact) mass is 332 g/mol. The Morgan fingerprint density at radius 2 is 2.04 bits per heavy atom. The zero-order chi connectivity index (χ0) is 17.9. The van der Waals surface area contributed by atoms with Gasteiger partial charge in [-0.1, -0.05) is 13.8 Å². The molecular formula is C16H24N6O2. The molecule has 2 heterocycles. The first-order chi connectivity index (χ1) is 11.3. The number of rotatable bonds is 6. The van der Waals surface area contributed by atoms with Crippen LogP contribution in [0.5, 0.6) is 0 Å². The van der Waals surface area contributed by atoms with Gasteiger partial charge in [0.1, 0.15) is 18.7 Å². The van der Waals surface area contributed by atoms with E-state index in [4.69, 9.17) is 0 Å². The fraction of sp³-hybridized carbons (Fsp3) is 0.562. The molecule has 24 heavy (non-hydrogen) atoms. The second-order valence-electron chi connectivity index (χ2n) is 6.40. The van der Waals surface area contributed by atoms with Crippen LogP contribution in [0.1, 0.15) is 43.5 Å². The topological polar surface area (TPSA) is 94.7 Å². The molecule has 0 saturated heterocycles. The number of carbonyl (C=O) groups excluding carboxylic acids is 1. The van der Waals surface area contributed by atoms with Crippen LogP contribution < -0.4 is 11.0 Å². The Morgan fingerprint density at radius 1 is 1.33 bits per heavy atom. The minimum atomic E-state index is -0.415. The number of aryl methyl sites for hydroxylation is 3. The van der Waals surface area contributed by atoms with Crippen LogP contribution in [0.25, 0.3) is 0 Å². The molecule has 1 N–H and O–H groups in total. The molecule has 2 aromatic rings. The van der Waals surface area contributed by atoms with Crippen LogP contribution in [0.15, 0.2) is 17.2 Å². The highest BCUT2D eigenvalue weighted by Gasteiger charge is 2.21. The molecular weight excluding hydrogens is 308 g/mol. The molecule has 0 spiro atoms. The molecule has 0 radical (unpaired) electrons. The molecule has 1 amide bonds. The third-order valence-electron chi connectivity index (χ3n) is 3.75. The summed E-state index contributed by atoms with van der Waals surface area (Å²) in [4.78, 5) is 32.5. The normalized spacial score (nSPS) is 12.4. The largest absolute Gasteiger partial charge is 0.348 e. The van der Waals surface area contributed by atoms with Crippen molar-refractivity contribution in [3.05, 3.63) is 40.1 Å². The van der Waals surface area contributed by atoms with E-state index in [1.165, 1.54) is 10.9 Å². The summed E-state index contributed by atoms with van der Waals surface area (Å²) >= 11 is 0. The van der Waals surface area contributed by atoms with E-state index >= 15 is 0 Å². The highest BCUT2D eigenvalue weighted by Crippen LogP contribution is 2.18. The minimum absolute atomic E-state index is 0.0651. The highest BCUT2D eigenvalue weighted by atomic mass is 16.2. The predicted molar refractivity (Wildman–Crippen MR) is 89.3 cm³/mol. The van der Waals surface area contributed by atoms with Gasteiger partial charge >= 0.3 is 5.69 Å². The summed E-state index contributed by atoms with van der Waals surface area (Å²) in [5, 5.41) is 7.02. The van der Waals surface area contributed by atoms with E-state index in [1.54, 1.807) is 31.6 Å². The number of nitrogens with zero attached hydrogens (tertiary/aromatic N) is 5. The van der Waals surface area contributed by atoms with Crippen LogP contribution in [0.4, 0.5) is 0 Å². The quantitative estimate of drug-likeness (QED) is 0.848. The van der Waals surface area contributed by atoms with E-state index in [0.717, 1.165) is 6.42 Å². The van der Waals surface area contributed by atoms with Gasteiger partial charge in [0.2, 0.25) is 5.91 Å². The van der Waals surface area contributed by atoms with Gasteiger partial charge in [-0.2, -0.15) is 10.1 Å². The van der Waals surface area contributed by atoms with Gasteiger partial charge in [0.05, 0.1) is 6.04 Å². The number of aromatic nitrogens is 5. The van der Waals surface area contributed by atoms with E-state index in [2.05, 4.69) is 34.2 Å². The van der Waals surface area contributed by atoms with Crippen molar-refractivity contribution in [1.82, 2.24) is 29.6 Å². The number of hydrogen-bond donors (Lipinski definition) is 1. The number of amides is 1. The van der Waals surface area contributed by atoms with Gasteiger partial charge in [-0.3, -0.25) is 14.0 Å². The van der Waals surface area contributed by atoms with Crippen molar-refractivity contribution in [2.75, 3.05) is 0 Å². The van der Waals surface area contributed by atoms with Gasteiger partial charge in [-0.05, 0) is 32.3 Å². The summed E-state index contributed by atoms with van der Waals surface area (Å²) in [7, 11) is 1.79. The van der Waals surface area contributed by atoms with Gasteiger partial charge in [0.15, 0.2) is 0 Å². The first-order valence-electron chi connectivity index (χ1n) is 7.96. The van der Waals surface area contributed by atoms with Crippen LogP contribution in [0.2, 0.25) is 0 Å². The Kier molecular flexibility index (Phi) is 5.48. The molecule has 0 aliphatic heterocycles. The van der Waals surface area contributed by atoms with Crippen LogP contribution in [0.3, 0.4) is 0 Å². The maximum absolute atomic E-state index is 12.4.